The lowest BCUT2D eigenvalue weighted by Crippen LogP contribution is -2.34. The molecule has 2 aliphatic rings. The van der Waals surface area contributed by atoms with E-state index in [1.807, 2.05) is 0 Å². The number of likely N-dealkylation sites (tertiary alicyclic amines) is 1. The van der Waals surface area contributed by atoms with E-state index in [-0.39, 0.29) is 0 Å². The Bertz CT molecular complexity index is 716. The van der Waals surface area contributed by atoms with Crippen molar-refractivity contribution in [3.8, 4) is 0 Å². The predicted molar refractivity (Wildman–Crippen MR) is 102 cm³/mol. The third-order valence-corrected chi connectivity index (χ3v) is 5.34. The second-order valence-electron chi connectivity index (χ2n) is 7.24. The van der Waals surface area contributed by atoms with Crippen molar-refractivity contribution >= 4 is 11.8 Å². The number of piperidine rings is 1. The molecule has 5 nitrogen and oxygen atoms in total. The van der Waals surface area contributed by atoms with E-state index in [1.54, 1.807) is 0 Å². The summed E-state index contributed by atoms with van der Waals surface area (Å²) in [5, 5.41) is 3.45. The number of hydrogen-bond donors (Lipinski definition) is 2. The highest BCUT2D eigenvalue weighted by Gasteiger charge is 2.27. The van der Waals surface area contributed by atoms with Crippen LogP contribution in [0.4, 0.5) is 11.8 Å². The summed E-state index contributed by atoms with van der Waals surface area (Å²) in [6.07, 6.45) is 5.84. The minimum Gasteiger partial charge on any atom is -0.370 e. The molecule has 4 rings (SSSR count). The number of nitrogens with one attached hydrogen (secondary N) is 1. The second-order valence-corrected chi connectivity index (χ2v) is 7.24. The smallest absolute Gasteiger partial charge is 0.222 e. The molecule has 2 aromatic rings. The van der Waals surface area contributed by atoms with Gasteiger partial charge in [0.25, 0.3) is 0 Å². The summed E-state index contributed by atoms with van der Waals surface area (Å²) >= 11 is 0. The van der Waals surface area contributed by atoms with Gasteiger partial charge in [-0.15, -0.1) is 0 Å². The number of anilines is 2. The summed E-state index contributed by atoms with van der Waals surface area (Å²) in [7, 11) is 0. The summed E-state index contributed by atoms with van der Waals surface area (Å²) in [6, 6.07) is 10.7. The fourth-order valence-corrected chi connectivity index (χ4v) is 4.15. The number of fused-ring (bicyclic) bond motifs is 1. The molecule has 25 heavy (non-hydrogen) atoms. The van der Waals surface area contributed by atoms with Crippen molar-refractivity contribution in [3.63, 3.8) is 0 Å². The van der Waals surface area contributed by atoms with Crippen LogP contribution in [0.3, 0.4) is 0 Å². The lowest BCUT2D eigenvalue weighted by Gasteiger charge is -2.33. The van der Waals surface area contributed by atoms with Gasteiger partial charge in [0.15, 0.2) is 0 Å². The van der Waals surface area contributed by atoms with Crippen LogP contribution in [0.2, 0.25) is 0 Å². The zero-order chi connectivity index (χ0) is 17.1. The average molecular weight is 337 g/mol. The average Bonchev–Trinajstić information content (AvgIpc) is 2.87. The van der Waals surface area contributed by atoms with E-state index in [0.717, 1.165) is 38.4 Å². The largest absolute Gasteiger partial charge is 0.370 e. The van der Waals surface area contributed by atoms with Gasteiger partial charge in [-0.25, -0.2) is 4.98 Å². The number of aromatic nitrogens is 2. The van der Waals surface area contributed by atoms with Gasteiger partial charge >= 0.3 is 0 Å². The van der Waals surface area contributed by atoms with Crippen LogP contribution < -0.4 is 11.1 Å². The van der Waals surface area contributed by atoms with E-state index < -0.39 is 0 Å². The Balaban J connectivity index is 1.56. The quantitative estimate of drug-likeness (QED) is 0.900. The predicted octanol–water partition coefficient (Wildman–Crippen LogP) is 3.19. The van der Waals surface area contributed by atoms with Gasteiger partial charge in [-0.2, -0.15) is 4.98 Å². The molecule has 5 heteroatoms. The molecule has 0 amide bonds. The van der Waals surface area contributed by atoms with Crippen LogP contribution in [-0.4, -0.2) is 34.5 Å². The first-order valence-electron chi connectivity index (χ1n) is 9.46. The summed E-state index contributed by atoms with van der Waals surface area (Å²) in [6.45, 7) is 4.20. The monoisotopic (exact) mass is 337 g/mol. The van der Waals surface area contributed by atoms with Crippen LogP contribution in [0.25, 0.3) is 0 Å². The molecule has 1 fully saturated rings. The van der Waals surface area contributed by atoms with Crippen LogP contribution in [-0.2, 0) is 13.0 Å². The van der Waals surface area contributed by atoms with Gasteiger partial charge in [0.1, 0.15) is 5.82 Å². The molecular weight excluding hydrogens is 310 g/mol. The SMILES string of the molecule is Nc1nc2c(c(C3CCCN(Cc4ccccc4)C3)n1)CCCCN2. The summed E-state index contributed by atoms with van der Waals surface area (Å²) in [5.41, 5.74) is 9.90. The highest BCUT2D eigenvalue weighted by atomic mass is 15.1. The maximum Gasteiger partial charge on any atom is 0.222 e. The van der Waals surface area contributed by atoms with Gasteiger partial charge in [0.2, 0.25) is 5.95 Å². The molecule has 0 spiro atoms. The fraction of sp³-hybridized carbons (Fsp3) is 0.500. The number of rotatable bonds is 3. The molecule has 1 aromatic heterocycles. The van der Waals surface area contributed by atoms with Crippen molar-refractivity contribution in [2.24, 2.45) is 0 Å². The summed E-state index contributed by atoms with van der Waals surface area (Å²) < 4.78 is 0. The van der Waals surface area contributed by atoms with Gasteiger partial charge in [0, 0.05) is 31.1 Å². The normalized spacial score (nSPS) is 21.2. The van der Waals surface area contributed by atoms with Gasteiger partial charge < -0.3 is 11.1 Å². The molecule has 1 atom stereocenters. The highest BCUT2D eigenvalue weighted by Crippen LogP contribution is 2.33. The first kappa shape index (κ1) is 16.3. The van der Waals surface area contributed by atoms with Gasteiger partial charge in [0.05, 0.1) is 5.69 Å². The van der Waals surface area contributed by atoms with Crippen LogP contribution in [0.5, 0.6) is 0 Å². The number of nitrogens with zero attached hydrogens (tertiary/aromatic N) is 3. The van der Waals surface area contributed by atoms with Crippen molar-refractivity contribution in [3.05, 3.63) is 47.2 Å². The Kier molecular flexibility index (Phi) is 4.83. The van der Waals surface area contributed by atoms with Crippen molar-refractivity contribution in [2.45, 2.75) is 44.6 Å². The molecule has 3 heterocycles. The Morgan fingerprint density at radius 1 is 1.12 bits per heavy atom. The van der Waals surface area contributed by atoms with Crippen LogP contribution in [0.15, 0.2) is 30.3 Å². The molecule has 0 radical (unpaired) electrons. The molecule has 3 N–H and O–H groups in total. The van der Waals surface area contributed by atoms with Crippen LogP contribution in [0.1, 0.15) is 48.4 Å². The summed E-state index contributed by atoms with van der Waals surface area (Å²) in [4.78, 5) is 11.7. The minimum atomic E-state index is 0.406. The number of nitrogen functional groups attached to an aromatic ring is 1. The van der Waals surface area contributed by atoms with Crippen molar-refractivity contribution in [1.82, 2.24) is 14.9 Å². The zero-order valence-electron chi connectivity index (χ0n) is 14.7. The first-order valence-corrected chi connectivity index (χ1v) is 9.46. The molecule has 1 aromatic carbocycles. The maximum atomic E-state index is 6.02. The second kappa shape index (κ2) is 7.40. The van der Waals surface area contributed by atoms with E-state index in [1.165, 1.54) is 42.5 Å². The van der Waals surface area contributed by atoms with Gasteiger partial charge in [-0.05, 0) is 44.2 Å². The Morgan fingerprint density at radius 3 is 2.88 bits per heavy atom. The molecule has 132 valence electrons. The van der Waals surface area contributed by atoms with Crippen molar-refractivity contribution in [2.75, 3.05) is 30.7 Å². The number of hydrogen-bond acceptors (Lipinski definition) is 5. The van der Waals surface area contributed by atoms with Crippen molar-refractivity contribution < 1.29 is 0 Å². The standard InChI is InChI=1S/C20H27N5/c21-20-23-18(17-10-4-5-11-22-19(17)24-20)16-9-6-12-25(14-16)13-15-7-2-1-3-8-15/h1-3,7-8,16H,4-6,9-14H2,(H3,21,22,23,24). The van der Waals surface area contributed by atoms with E-state index in [0.29, 0.717) is 11.9 Å². The Hall–Kier alpha value is -2.14. The van der Waals surface area contributed by atoms with Gasteiger partial charge in [-0.1, -0.05) is 30.3 Å². The third-order valence-electron chi connectivity index (χ3n) is 5.34. The highest BCUT2D eigenvalue weighted by molar-refractivity contribution is 5.51. The van der Waals surface area contributed by atoms with Crippen LogP contribution in [0, 0.1) is 0 Å². The molecule has 0 saturated carbocycles. The molecule has 1 unspecified atom stereocenters. The molecule has 0 aliphatic carbocycles. The van der Waals surface area contributed by atoms with E-state index >= 15 is 0 Å². The third kappa shape index (κ3) is 3.76. The number of benzene rings is 1. The molecule has 2 aliphatic heterocycles. The fourth-order valence-electron chi connectivity index (χ4n) is 4.15. The van der Waals surface area contributed by atoms with E-state index in [9.17, 15) is 0 Å². The molecular formula is C20H27N5. The molecule has 1 saturated heterocycles. The van der Waals surface area contributed by atoms with Crippen molar-refractivity contribution in [1.29, 1.82) is 0 Å². The Morgan fingerprint density at radius 2 is 2.00 bits per heavy atom. The lowest BCUT2D eigenvalue weighted by molar-refractivity contribution is 0.198. The van der Waals surface area contributed by atoms with Crippen LogP contribution >= 0.6 is 0 Å². The zero-order valence-corrected chi connectivity index (χ0v) is 14.7. The Labute approximate surface area is 149 Å². The van der Waals surface area contributed by atoms with Gasteiger partial charge in [-0.3, -0.25) is 4.90 Å². The number of nitrogens with two attached hydrogens (primary N) is 1. The maximum absolute atomic E-state index is 6.02. The topological polar surface area (TPSA) is 67.1 Å². The lowest BCUT2D eigenvalue weighted by atomic mass is 9.90. The molecule has 0 bridgehead atoms. The summed E-state index contributed by atoms with van der Waals surface area (Å²) in [5.74, 6) is 1.83. The minimum absolute atomic E-state index is 0.406. The first-order chi connectivity index (χ1) is 12.3. The van der Waals surface area contributed by atoms with E-state index in [2.05, 4.69) is 45.5 Å². The van der Waals surface area contributed by atoms with E-state index in [4.69, 9.17) is 10.7 Å².